The fraction of sp³-hybridized carbons (Fsp3) is 0.0556. The molecule has 7 heteroatoms. The zero-order chi connectivity index (χ0) is 18.4. The van der Waals surface area contributed by atoms with E-state index in [4.69, 9.17) is 4.74 Å². The summed E-state index contributed by atoms with van der Waals surface area (Å²) in [5.74, 6) is -1.61. The molecule has 0 atom stereocenters. The number of carbonyl (C=O) groups excluding carboxylic acids is 1. The second kappa shape index (κ2) is 7.66. The van der Waals surface area contributed by atoms with Gasteiger partial charge in [0.15, 0.2) is 0 Å². The Morgan fingerprint density at radius 3 is 2.44 bits per heavy atom. The number of phenolic OH excluding ortho intramolecular Hbond substituents is 1. The van der Waals surface area contributed by atoms with Crippen LogP contribution in [0.3, 0.4) is 0 Å². The Morgan fingerprint density at radius 2 is 1.88 bits per heavy atom. The fourth-order valence-corrected chi connectivity index (χ4v) is 2.04. The first-order valence-electron chi connectivity index (χ1n) is 7.08. The Hall–Kier alpha value is -3.79. The molecule has 2 aromatic rings. The number of rotatable bonds is 5. The number of aromatic hydroxyl groups is 1. The van der Waals surface area contributed by atoms with Gasteiger partial charge in [-0.2, -0.15) is 5.26 Å². The lowest BCUT2D eigenvalue weighted by atomic mass is 10.1. The van der Waals surface area contributed by atoms with Crippen LogP contribution < -0.4 is 10.1 Å². The van der Waals surface area contributed by atoms with E-state index in [0.29, 0.717) is 11.3 Å². The average molecular weight is 338 g/mol. The van der Waals surface area contributed by atoms with Gasteiger partial charge in [0.05, 0.1) is 7.11 Å². The number of hydrogen-bond acceptors (Lipinski definition) is 5. The Kier molecular flexibility index (Phi) is 5.38. The van der Waals surface area contributed by atoms with Crippen molar-refractivity contribution in [3.05, 3.63) is 59.2 Å². The summed E-state index contributed by atoms with van der Waals surface area (Å²) in [6.07, 6.45) is 1.28. The molecule has 2 aromatic carbocycles. The van der Waals surface area contributed by atoms with E-state index in [2.05, 4.69) is 5.32 Å². The van der Waals surface area contributed by atoms with Crippen LogP contribution in [0.25, 0.3) is 6.08 Å². The maximum Gasteiger partial charge on any atom is 0.339 e. The molecule has 0 aromatic heterocycles. The Bertz CT molecular complexity index is 879. The zero-order valence-corrected chi connectivity index (χ0v) is 13.2. The van der Waals surface area contributed by atoms with Gasteiger partial charge in [-0.3, -0.25) is 4.79 Å². The SMILES string of the molecule is COc1ccc(C=C(C#N)C(=O)Nc2ccc(O)cc2)cc1C(=O)O. The van der Waals surface area contributed by atoms with Crippen LogP contribution in [0, 0.1) is 11.3 Å². The number of nitrogens with one attached hydrogen (secondary N) is 1. The second-order valence-electron chi connectivity index (χ2n) is 4.94. The predicted octanol–water partition coefficient (Wildman–Crippen LogP) is 2.64. The van der Waals surface area contributed by atoms with E-state index in [1.807, 2.05) is 0 Å². The molecule has 0 bridgehead atoms. The molecule has 1 amide bonds. The van der Waals surface area contributed by atoms with Gasteiger partial charge in [-0.05, 0) is 48.0 Å². The summed E-state index contributed by atoms with van der Waals surface area (Å²) in [4.78, 5) is 23.4. The highest BCUT2D eigenvalue weighted by Gasteiger charge is 2.13. The molecule has 0 fully saturated rings. The summed E-state index contributed by atoms with van der Waals surface area (Å²) in [6, 6.07) is 11.8. The third-order valence-electron chi connectivity index (χ3n) is 3.26. The van der Waals surface area contributed by atoms with Gasteiger partial charge in [-0.15, -0.1) is 0 Å². The molecule has 0 unspecified atom stereocenters. The topological polar surface area (TPSA) is 120 Å². The molecule has 126 valence electrons. The molecule has 0 aliphatic heterocycles. The first kappa shape index (κ1) is 17.6. The number of benzene rings is 2. The van der Waals surface area contributed by atoms with Crippen molar-refractivity contribution in [3.63, 3.8) is 0 Å². The summed E-state index contributed by atoms with van der Waals surface area (Å²) >= 11 is 0. The molecular weight excluding hydrogens is 324 g/mol. The largest absolute Gasteiger partial charge is 0.508 e. The molecule has 0 radical (unpaired) electrons. The van der Waals surface area contributed by atoms with E-state index in [1.165, 1.54) is 55.7 Å². The predicted molar refractivity (Wildman–Crippen MR) is 90.3 cm³/mol. The standard InChI is InChI=1S/C18H14N2O5/c1-25-16-7-2-11(9-15(16)18(23)24)8-12(10-19)17(22)20-13-3-5-14(21)6-4-13/h2-9,21H,1H3,(H,20,22)(H,23,24). The Morgan fingerprint density at radius 1 is 1.20 bits per heavy atom. The number of hydrogen-bond donors (Lipinski definition) is 3. The van der Waals surface area contributed by atoms with Crippen molar-refractivity contribution in [2.45, 2.75) is 0 Å². The van der Waals surface area contributed by atoms with Gasteiger partial charge in [0.1, 0.15) is 28.7 Å². The quantitative estimate of drug-likeness (QED) is 0.438. The maximum atomic E-state index is 12.2. The number of carboxylic acid groups (broad SMARTS) is 1. The molecule has 2 rings (SSSR count). The van der Waals surface area contributed by atoms with Gasteiger partial charge < -0.3 is 20.3 Å². The second-order valence-corrected chi connectivity index (χ2v) is 4.94. The number of carbonyl (C=O) groups is 2. The van der Waals surface area contributed by atoms with Crippen molar-refractivity contribution in [2.24, 2.45) is 0 Å². The van der Waals surface area contributed by atoms with Crippen molar-refractivity contribution in [2.75, 3.05) is 12.4 Å². The van der Waals surface area contributed by atoms with Crippen molar-refractivity contribution in [1.29, 1.82) is 5.26 Å². The molecule has 0 saturated carbocycles. The van der Waals surface area contributed by atoms with Crippen LogP contribution >= 0.6 is 0 Å². The average Bonchev–Trinajstić information content (AvgIpc) is 2.61. The van der Waals surface area contributed by atoms with Crippen molar-refractivity contribution in [1.82, 2.24) is 0 Å². The normalized spacial score (nSPS) is 10.6. The van der Waals surface area contributed by atoms with Crippen LogP contribution in [0.1, 0.15) is 15.9 Å². The minimum absolute atomic E-state index is 0.0495. The summed E-state index contributed by atoms with van der Waals surface area (Å²) < 4.78 is 4.96. The number of methoxy groups -OCH3 is 1. The number of amides is 1. The Labute approximate surface area is 143 Å². The molecule has 0 saturated heterocycles. The van der Waals surface area contributed by atoms with Crippen LogP contribution in [0.5, 0.6) is 11.5 Å². The molecule has 0 heterocycles. The maximum absolute atomic E-state index is 12.2. The van der Waals surface area contributed by atoms with Gasteiger partial charge in [-0.1, -0.05) is 6.07 Å². The van der Waals surface area contributed by atoms with Crippen LogP contribution in [0.4, 0.5) is 5.69 Å². The minimum atomic E-state index is -1.18. The van der Waals surface area contributed by atoms with Gasteiger partial charge in [0.25, 0.3) is 5.91 Å². The highest BCUT2D eigenvalue weighted by molar-refractivity contribution is 6.09. The van der Waals surface area contributed by atoms with E-state index in [9.17, 15) is 25.1 Å². The molecule has 7 nitrogen and oxygen atoms in total. The lowest BCUT2D eigenvalue weighted by molar-refractivity contribution is -0.112. The number of nitriles is 1. The van der Waals surface area contributed by atoms with E-state index in [1.54, 1.807) is 6.07 Å². The zero-order valence-electron chi connectivity index (χ0n) is 13.2. The number of aromatic carboxylic acids is 1. The molecule has 3 N–H and O–H groups in total. The van der Waals surface area contributed by atoms with Crippen LogP contribution in [-0.2, 0) is 4.79 Å². The van der Waals surface area contributed by atoms with Gasteiger partial charge in [0, 0.05) is 5.69 Å². The van der Waals surface area contributed by atoms with Crippen LogP contribution in [-0.4, -0.2) is 29.2 Å². The molecule has 0 spiro atoms. The summed E-state index contributed by atoms with van der Waals surface area (Å²) in [6.45, 7) is 0. The summed E-state index contributed by atoms with van der Waals surface area (Å²) in [5, 5.41) is 30.1. The van der Waals surface area contributed by atoms with E-state index >= 15 is 0 Å². The lowest BCUT2D eigenvalue weighted by Crippen LogP contribution is -2.13. The lowest BCUT2D eigenvalue weighted by Gasteiger charge is -2.07. The Balaban J connectivity index is 2.29. The van der Waals surface area contributed by atoms with Gasteiger partial charge in [-0.25, -0.2) is 4.79 Å². The molecule has 25 heavy (non-hydrogen) atoms. The van der Waals surface area contributed by atoms with Crippen molar-refractivity contribution < 1.29 is 24.5 Å². The smallest absolute Gasteiger partial charge is 0.339 e. The first-order chi connectivity index (χ1) is 11.9. The highest BCUT2D eigenvalue weighted by atomic mass is 16.5. The monoisotopic (exact) mass is 338 g/mol. The van der Waals surface area contributed by atoms with Gasteiger partial charge >= 0.3 is 5.97 Å². The molecular formula is C18H14N2O5. The van der Waals surface area contributed by atoms with E-state index in [0.717, 1.165) is 0 Å². The van der Waals surface area contributed by atoms with E-state index < -0.39 is 11.9 Å². The summed E-state index contributed by atoms with van der Waals surface area (Å²) in [5.41, 5.74) is 0.502. The van der Waals surface area contributed by atoms with E-state index in [-0.39, 0.29) is 22.6 Å². The number of carboxylic acids is 1. The molecule has 0 aliphatic carbocycles. The first-order valence-corrected chi connectivity index (χ1v) is 7.08. The molecule has 0 aliphatic rings. The van der Waals surface area contributed by atoms with Crippen LogP contribution in [0.2, 0.25) is 0 Å². The third-order valence-corrected chi connectivity index (χ3v) is 3.26. The number of ether oxygens (including phenoxy) is 1. The third kappa shape index (κ3) is 4.36. The van der Waals surface area contributed by atoms with Crippen molar-refractivity contribution >= 4 is 23.6 Å². The van der Waals surface area contributed by atoms with Crippen molar-refractivity contribution in [3.8, 4) is 17.6 Å². The highest BCUT2D eigenvalue weighted by Crippen LogP contribution is 2.22. The number of anilines is 1. The number of nitrogens with zero attached hydrogens (tertiary/aromatic N) is 1. The fourth-order valence-electron chi connectivity index (χ4n) is 2.04. The number of phenols is 1. The van der Waals surface area contributed by atoms with Crippen LogP contribution in [0.15, 0.2) is 48.0 Å². The van der Waals surface area contributed by atoms with Gasteiger partial charge in [0.2, 0.25) is 0 Å². The minimum Gasteiger partial charge on any atom is -0.508 e. The summed E-state index contributed by atoms with van der Waals surface area (Å²) in [7, 11) is 1.35.